The van der Waals surface area contributed by atoms with Crippen molar-refractivity contribution in [3.63, 3.8) is 0 Å². The lowest BCUT2D eigenvalue weighted by atomic mass is 9.90. The van der Waals surface area contributed by atoms with Crippen LogP contribution in [0.15, 0.2) is 89.7 Å². The van der Waals surface area contributed by atoms with Crippen LogP contribution in [-0.4, -0.2) is 32.8 Å². The molecule has 1 aromatic heterocycles. The first-order valence-electron chi connectivity index (χ1n) is 11.9. The summed E-state index contributed by atoms with van der Waals surface area (Å²) in [6.45, 7) is 3.18. The van der Waals surface area contributed by atoms with Gasteiger partial charge in [0, 0.05) is 13.1 Å². The van der Waals surface area contributed by atoms with E-state index in [1.807, 2.05) is 18.2 Å². The van der Waals surface area contributed by atoms with Crippen LogP contribution in [0, 0.1) is 0 Å². The molecule has 0 bridgehead atoms. The van der Waals surface area contributed by atoms with Crippen LogP contribution in [0.4, 0.5) is 0 Å². The van der Waals surface area contributed by atoms with Crippen LogP contribution in [0.5, 0.6) is 0 Å². The van der Waals surface area contributed by atoms with Gasteiger partial charge in [0.2, 0.25) is 0 Å². The third-order valence-electron chi connectivity index (χ3n) is 6.49. The third kappa shape index (κ3) is 5.53. The minimum absolute atomic E-state index is 0.184. The lowest BCUT2D eigenvalue weighted by molar-refractivity contribution is 0.101. The summed E-state index contributed by atoms with van der Waals surface area (Å²) >= 11 is 0. The first-order valence-corrected chi connectivity index (χ1v) is 11.9. The summed E-state index contributed by atoms with van der Waals surface area (Å²) in [5.74, 6) is 1.16. The monoisotopic (exact) mass is 454 g/mol. The van der Waals surface area contributed by atoms with Crippen LogP contribution in [-0.2, 0) is 24.6 Å². The molecule has 1 fully saturated rings. The normalized spacial score (nSPS) is 14.9. The lowest BCUT2D eigenvalue weighted by Crippen LogP contribution is -2.37. The number of piperidine rings is 1. The average Bonchev–Trinajstić information content (AvgIpc) is 3.24. The van der Waals surface area contributed by atoms with Gasteiger partial charge in [-0.25, -0.2) is 4.79 Å². The molecule has 0 spiro atoms. The van der Waals surface area contributed by atoms with Crippen LogP contribution >= 0.6 is 0 Å². The number of hydrogen-bond donors (Lipinski definition) is 1. The Morgan fingerprint density at radius 3 is 2.18 bits per heavy atom. The van der Waals surface area contributed by atoms with Crippen LogP contribution in [0.25, 0.3) is 11.1 Å². The van der Waals surface area contributed by atoms with Gasteiger partial charge in [0.25, 0.3) is 0 Å². The molecule has 0 unspecified atom stereocenters. The number of hydrogen-bond acceptors (Lipinski definition) is 4. The predicted octanol–water partition coefficient (Wildman–Crippen LogP) is 4.79. The van der Waals surface area contributed by atoms with Crippen LogP contribution in [0.2, 0.25) is 0 Å². The summed E-state index contributed by atoms with van der Waals surface area (Å²) in [6.07, 6.45) is 2.20. The SMILES string of the molecule is O=c1[nH]c(COCc2ccc(-c3ccccc3)cc2)nn1CN1CCC(c2ccccc2)CC1. The third-order valence-corrected chi connectivity index (χ3v) is 6.49. The van der Waals surface area contributed by atoms with Gasteiger partial charge in [-0.15, -0.1) is 0 Å². The molecule has 4 aromatic rings. The van der Waals surface area contributed by atoms with Gasteiger partial charge in [0.15, 0.2) is 5.82 Å². The summed E-state index contributed by atoms with van der Waals surface area (Å²) in [6, 6.07) is 29.3. The molecule has 1 aliphatic rings. The van der Waals surface area contributed by atoms with Crippen molar-refractivity contribution >= 4 is 0 Å². The van der Waals surface area contributed by atoms with E-state index in [0.29, 0.717) is 25.0 Å². The Balaban J connectivity index is 1.10. The Labute approximate surface area is 199 Å². The smallest absolute Gasteiger partial charge is 0.344 e. The van der Waals surface area contributed by atoms with Crippen molar-refractivity contribution in [1.82, 2.24) is 19.7 Å². The molecule has 0 radical (unpaired) electrons. The Bertz CT molecular complexity index is 1220. The average molecular weight is 455 g/mol. The molecular formula is C28H30N4O2. The van der Waals surface area contributed by atoms with Crippen molar-refractivity contribution in [3.8, 4) is 11.1 Å². The highest BCUT2D eigenvalue weighted by molar-refractivity contribution is 5.63. The maximum absolute atomic E-state index is 12.4. The van der Waals surface area contributed by atoms with Gasteiger partial charge >= 0.3 is 5.69 Å². The topological polar surface area (TPSA) is 63.2 Å². The molecule has 34 heavy (non-hydrogen) atoms. The van der Waals surface area contributed by atoms with E-state index in [2.05, 4.69) is 81.7 Å². The van der Waals surface area contributed by atoms with E-state index in [4.69, 9.17) is 4.74 Å². The summed E-state index contributed by atoms with van der Waals surface area (Å²) in [5, 5.41) is 4.45. The van der Waals surface area contributed by atoms with E-state index in [0.717, 1.165) is 31.5 Å². The molecule has 2 heterocycles. The highest BCUT2D eigenvalue weighted by Crippen LogP contribution is 2.27. The molecule has 6 nitrogen and oxygen atoms in total. The van der Waals surface area contributed by atoms with Crippen molar-refractivity contribution in [1.29, 1.82) is 0 Å². The fraction of sp³-hybridized carbons (Fsp3) is 0.286. The van der Waals surface area contributed by atoms with Crippen molar-refractivity contribution in [2.75, 3.05) is 13.1 Å². The summed E-state index contributed by atoms with van der Waals surface area (Å²) in [5.41, 5.74) is 4.69. The molecule has 1 aliphatic heterocycles. The standard InChI is InChI=1S/C28H30N4O2/c33-28-29-27(20-34-19-22-11-13-25(14-12-22)23-7-3-1-4-8-23)30-32(28)21-31-17-15-26(16-18-31)24-9-5-2-6-10-24/h1-14,26H,15-21H2,(H,29,30,33). The van der Waals surface area contributed by atoms with Crippen LogP contribution in [0.1, 0.15) is 35.7 Å². The van der Waals surface area contributed by atoms with E-state index in [-0.39, 0.29) is 12.3 Å². The molecule has 0 aliphatic carbocycles. The molecule has 1 saturated heterocycles. The zero-order chi connectivity index (χ0) is 23.2. The number of nitrogens with one attached hydrogen (secondary N) is 1. The lowest BCUT2D eigenvalue weighted by Gasteiger charge is -2.31. The molecule has 5 rings (SSSR count). The van der Waals surface area contributed by atoms with Gasteiger partial charge in [0.1, 0.15) is 6.61 Å². The summed E-state index contributed by atoms with van der Waals surface area (Å²) in [7, 11) is 0. The van der Waals surface area contributed by atoms with E-state index in [9.17, 15) is 4.79 Å². The quantitative estimate of drug-likeness (QED) is 0.416. The first kappa shape index (κ1) is 22.3. The second kappa shape index (κ2) is 10.6. The molecule has 0 saturated carbocycles. The number of likely N-dealkylation sites (tertiary alicyclic amines) is 1. The van der Waals surface area contributed by atoms with Crippen molar-refractivity contribution in [3.05, 3.63) is 112 Å². The molecule has 3 aromatic carbocycles. The van der Waals surface area contributed by atoms with E-state index < -0.39 is 0 Å². The molecule has 6 heteroatoms. The Kier molecular flexibility index (Phi) is 6.98. The van der Waals surface area contributed by atoms with Crippen molar-refractivity contribution in [2.24, 2.45) is 0 Å². The van der Waals surface area contributed by atoms with Crippen molar-refractivity contribution in [2.45, 2.75) is 38.6 Å². The van der Waals surface area contributed by atoms with Gasteiger partial charge in [-0.2, -0.15) is 9.78 Å². The van der Waals surface area contributed by atoms with Gasteiger partial charge in [-0.3, -0.25) is 9.88 Å². The number of benzene rings is 3. The second-order valence-electron chi connectivity index (χ2n) is 8.88. The number of ether oxygens (including phenoxy) is 1. The van der Waals surface area contributed by atoms with E-state index >= 15 is 0 Å². The zero-order valence-electron chi connectivity index (χ0n) is 19.3. The maximum atomic E-state index is 12.4. The van der Waals surface area contributed by atoms with E-state index in [1.54, 1.807) is 0 Å². The van der Waals surface area contributed by atoms with Gasteiger partial charge in [0.05, 0.1) is 13.3 Å². The van der Waals surface area contributed by atoms with Crippen LogP contribution < -0.4 is 5.69 Å². The summed E-state index contributed by atoms with van der Waals surface area (Å²) < 4.78 is 7.32. The number of aromatic nitrogens is 3. The number of aromatic amines is 1. The minimum atomic E-state index is -0.184. The Morgan fingerprint density at radius 1 is 0.824 bits per heavy atom. The molecular weight excluding hydrogens is 424 g/mol. The second-order valence-corrected chi connectivity index (χ2v) is 8.88. The largest absolute Gasteiger partial charge is 0.369 e. The highest BCUT2D eigenvalue weighted by atomic mass is 16.5. The Morgan fingerprint density at radius 2 is 1.47 bits per heavy atom. The van der Waals surface area contributed by atoms with Gasteiger partial charge < -0.3 is 4.74 Å². The number of H-pyrrole nitrogens is 1. The minimum Gasteiger partial charge on any atom is -0.369 e. The fourth-order valence-corrected chi connectivity index (χ4v) is 4.58. The number of rotatable bonds is 8. The number of nitrogens with zero attached hydrogens (tertiary/aromatic N) is 3. The van der Waals surface area contributed by atoms with Crippen LogP contribution in [0.3, 0.4) is 0 Å². The van der Waals surface area contributed by atoms with Gasteiger partial charge in [-0.1, -0.05) is 84.9 Å². The van der Waals surface area contributed by atoms with Gasteiger partial charge in [-0.05, 0) is 41.0 Å². The van der Waals surface area contributed by atoms with Crippen molar-refractivity contribution < 1.29 is 4.74 Å². The highest BCUT2D eigenvalue weighted by Gasteiger charge is 2.21. The zero-order valence-corrected chi connectivity index (χ0v) is 19.3. The first-order chi connectivity index (χ1) is 16.7. The molecule has 0 atom stereocenters. The Hall–Kier alpha value is -3.48. The fourth-order valence-electron chi connectivity index (χ4n) is 4.58. The molecule has 174 valence electrons. The van der Waals surface area contributed by atoms with E-state index in [1.165, 1.54) is 21.4 Å². The predicted molar refractivity (Wildman–Crippen MR) is 133 cm³/mol. The maximum Gasteiger partial charge on any atom is 0.344 e. The molecule has 0 amide bonds. The summed E-state index contributed by atoms with van der Waals surface area (Å²) in [4.78, 5) is 17.5. The molecule has 1 N–H and O–H groups in total.